The Bertz CT molecular complexity index is 545. The molecule has 1 aliphatic heterocycles. The minimum absolute atomic E-state index is 0.188. The minimum Gasteiger partial charge on any atom is -0.493 e. The lowest BCUT2D eigenvalue weighted by Crippen LogP contribution is -2.31. The van der Waals surface area contributed by atoms with Gasteiger partial charge in [-0.2, -0.15) is 0 Å². The first-order valence-electron chi connectivity index (χ1n) is 8.50. The van der Waals surface area contributed by atoms with E-state index < -0.39 is 0 Å². The fourth-order valence-electron chi connectivity index (χ4n) is 3.56. The van der Waals surface area contributed by atoms with E-state index in [1.807, 2.05) is 24.3 Å². The number of hydrogen-bond donors (Lipinski definition) is 2. The highest BCUT2D eigenvalue weighted by atomic mass is 16.5. The number of carbonyl (C=O) groups is 1. The van der Waals surface area contributed by atoms with Gasteiger partial charge in [0.05, 0.1) is 6.61 Å². The molecule has 4 rings (SSSR count). The molecule has 118 valence electrons. The summed E-state index contributed by atoms with van der Waals surface area (Å²) in [6.45, 7) is 2.93. The molecule has 22 heavy (non-hydrogen) atoms. The molecule has 2 aliphatic carbocycles. The highest BCUT2D eigenvalue weighted by Crippen LogP contribution is 2.58. The molecule has 0 aromatic heterocycles. The van der Waals surface area contributed by atoms with Crippen molar-refractivity contribution in [1.29, 1.82) is 0 Å². The van der Waals surface area contributed by atoms with Gasteiger partial charge in [0.15, 0.2) is 0 Å². The first kappa shape index (κ1) is 14.1. The van der Waals surface area contributed by atoms with Gasteiger partial charge in [-0.1, -0.05) is 0 Å². The van der Waals surface area contributed by atoms with Gasteiger partial charge in [-0.25, -0.2) is 0 Å². The minimum atomic E-state index is 0.188. The monoisotopic (exact) mass is 300 g/mol. The van der Waals surface area contributed by atoms with Gasteiger partial charge in [-0.3, -0.25) is 4.79 Å². The van der Waals surface area contributed by atoms with Crippen molar-refractivity contribution in [2.75, 3.05) is 25.0 Å². The summed E-state index contributed by atoms with van der Waals surface area (Å²) in [6.07, 6.45) is 5.93. The van der Waals surface area contributed by atoms with E-state index in [-0.39, 0.29) is 11.8 Å². The summed E-state index contributed by atoms with van der Waals surface area (Å²) in [6, 6.07) is 7.78. The predicted molar refractivity (Wildman–Crippen MR) is 85.9 cm³/mol. The van der Waals surface area contributed by atoms with Crippen molar-refractivity contribution >= 4 is 11.6 Å². The van der Waals surface area contributed by atoms with Gasteiger partial charge < -0.3 is 15.4 Å². The fourth-order valence-corrected chi connectivity index (χ4v) is 3.56. The predicted octanol–water partition coefficient (Wildman–Crippen LogP) is 2.80. The van der Waals surface area contributed by atoms with Crippen LogP contribution in [0.1, 0.15) is 32.1 Å². The molecule has 4 nitrogen and oxygen atoms in total. The Morgan fingerprint density at radius 1 is 1.23 bits per heavy atom. The first-order chi connectivity index (χ1) is 10.8. The highest BCUT2D eigenvalue weighted by molar-refractivity contribution is 5.95. The Balaban J connectivity index is 1.30. The second-order valence-corrected chi connectivity index (χ2v) is 7.14. The van der Waals surface area contributed by atoms with Crippen molar-refractivity contribution in [1.82, 2.24) is 5.32 Å². The first-order valence-corrected chi connectivity index (χ1v) is 8.50. The third-order valence-electron chi connectivity index (χ3n) is 5.41. The van der Waals surface area contributed by atoms with Crippen LogP contribution in [0.15, 0.2) is 24.3 Å². The van der Waals surface area contributed by atoms with Crippen LogP contribution in [0.5, 0.6) is 5.75 Å². The lowest BCUT2D eigenvalue weighted by molar-refractivity contribution is -0.118. The zero-order valence-corrected chi connectivity index (χ0v) is 12.9. The topological polar surface area (TPSA) is 50.4 Å². The molecule has 2 N–H and O–H groups in total. The van der Waals surface area contributed by atoms with Gasteiger partial charge >= 0.3 is 0 Å². The summed E-state index contributed by atoms with van der Waals surface area (Å²) in [7, 11) is 0. The molecule has 1 spiro atoms. The Kier molecular flexibility index (Phi) is 3.57. The van der Waals surface area contributed by atoms with Crippen molar-refractivity contribution < 1.29 is 9.53 Å². The number of piperidine rings is 1. The van der Waals surface area contributed by atoms with E-state index in [9.17, 15) is 4.79 Å². The molecular weight excluding hydrogens is 276 g/mol. The van der Waals surface area contributed by atoms with Crippen molar-refractivity contribution in [2.24, 2.45) is 17.3 Å². The number of anilines is 1. The van der Waals surface area contributed by atoms with Gasteiger partial charge in [-0.15, -0.1) is 0 Å². The maximum Gasteiger partial charge on any atom is 0.228 e. The summed E-state index contributed by atoms with van der Waals surface area (Å²) in [5, 5.41) is 6.44. The van der Waals surface area contributed by atoms with E-state index in [2.05, 4.69) is 10.6 Å². The van der Waals surface area contributed by atoms with Crippen LogP contribution in [0, 0.1) is 17.3 Å². The number of hydrogen-bond acceptors (Lipinski definition) is 3. The molecule has 1 unspecified atom stereocenters. The Labute approximate surface area is 131 Å². The SMILES string of the molecule is O=C(Nc1ccc(OCC2CC2)cc1)C1CC12CCNCC2. The molecule has 1 heterocycles. The highest BCUT2D eigenvalue weighted by Gasteiger charge is 2.57. The Morgan fingerprint density at radius 3 is 2.64 bits per heavy atom. The smallest absolute Gasteiger partial charge is 0.228 e. The summed E-state index contributed by atoms with van der Waals surface area (Å²) in [5.41, 5.74) is 1.17. The molecule has 1 atom stereocenters. The maximum atomic E-state index is 12.4. The van der Waals surface area contributed by atoms with E-state index in [1.165, 1.54) is 12.8 Å². The largest absolute Gasteiger partial charge is 0.493 e. The second-order valence-electron chi connectivity index (χ2n) is 7.14. The number of carbonyl (C=O) groups excluding carboxylic acids is 1. The van der Waals surface area contributed by atoms with Crippen LogP contribution in [0.2, 0.25) is 0 Å². The molecule has 0 radical (unpaired) electrons. The molecule has 1 aromatic rings. The second kappa shape index (κ2) is 5.58. The van der Waals surface area contributed by atoms with Crippen LogP contribution in [0.4, 0.5) is 5.69 Å². The van der Waals surface area contributed by atoms with Crippen LogP contribution in [0.25, 0.3) is 0 Å². The van der Waals surface area contributed by atoms with Crippen molar-refractivity contribution in [3.8, 4) is 5.75 Å². The zero-order valence-electron chi connectivity index (χ0n) is 12.9. The van der Waals surface area contributed by atoms with Gasteiger partial charge in [0.25, 0.3) is 0 Å². The molecule has 3 aliphatic rings. The van der Waals surface area contributed by atoms with Crippen LogP contribution in [-0.4, -0.2) is 25.6 Å². The average Bonchev–Trinajstić information content (AvgIpc) is 3.45. The number of amides is 1. The summed E-state index contributed by atoms with van der Waals surface area (Å²) >= 11 is 0. The number of nitrogens with one attached hydrogen (secondary N) is 2. The fraction of sp³-hybridized carbons (Fsp3) is 0.611. The van der Waals surface area contributed by atoms with Crippen LogP contribution in [0.3, 0.4) is 0 Å². The molecule has 0 bridgehead atoms. The van der Waals surface area contributed by atoms with Crippen molar-refractivity contribution in [3.05, 3.63) is 24.3 Å². The lowest BCUT2D eigenvalue weighted by Gasteiger charge is -2.23. The molecule has 1 amide bonds. The molecule has 1 aromatic carbocycles. The molecular formula is C18H24N2O2. The number of rotatable bonds is 5. The zero-order chi connectivity index (χ0) is 15.0. The van der Waals surface area contributed by atoms with Crippen LogP contribution >= 0.6 is 0 Å². The van der Waals surface area contributed by atoms with E-state index in [0.717, 1.165) is 56.3 Å². The van der Waals surface area contributed by atoms with Gasteiger partial charge in [0, 0.05) is 11.6 Å². The molecule has 2 saturated carbocycles. The molecule has 1 saturated heterocycles. The lowest BCUT2D eigenvalue weighted by atomic mass is 9.92. The summed E-state index contributed by atoms with van der Waals surface area (Å²) in [4.78, 5) is 12.4. The van der Waals surface area contributed by atoms with E-state index >= 15 is 0 Å². The standard InChI is InChI=1S/C18H24N2O2/c21-17(16-11-18(16)7-9-19-10-8-18)20-14-3-5-15(6-4-14)22-12-13-1-2-13/h3-6,13,16,19H,1-2,7-12H2,(H,20,21). The van der Waals surface area contributed by atoms with Crippen LogP contribution in [-0.2, 0) is 4.79 Å². The van der Waals surface area contributed by atoms with E-state index in [0.29, 0.717) is 5.41 Å². The van der Waals surface area contributed by atoms with Crippen LogP contribution < -0.4 is 15.4 Å². The van der Waals surface area contributed by atoms with Gasteiger partial charge in [0.2, 0.25) is 5.91 Å². The van der Waals surface area contributed by atoms with E-state index in [4.69, 9.17) is 4.74 Å². The quantitative estimate of drug-likeness (QED) is 0.879. The maximum absolute atomic E-state index is 12.4. The van der Waals surface area contributed by atoms with Crippen molar-refractivity contribution in [2.45, 2.75) is 32.1 Å². The normalized spacial score (nSPS) is 25.7. The van der Waals surface area contributed by atoms with Gasteiger partial charge in [0.1, 0.15) is 5.75 Å². The molecule has 3 fully saturated rings. The number of benzene rings is 1. The summed E-state index contributed by atoms with van der Waals surface area (Å²) < 4.78 is 5.72. The van der Waals surface area contributed by atoms with Crippen molar-refractivity contribution in [3.63, 3.8) is 0 Å². The average molecular weight is 300 g/mol. The third kappa shape index (κ3) is 2.98. The number of ether oxygens (including phenoxy) is 1. The Hall–Kier alpha value is -1.55. The molecule has 4 heteroatoms. The van der Waals surface area contributed by atoms with Gasteiger partial charge in [-0.05, 0) is 80.8 Å². The van der Waals surface area contributed by atoms with E-state index in [1.54, 1.807) is 0 Å². The summed E-state index contributed by atoms with van der Waals surface area (Å²) in [5.74, 6) is 2.05. The third-order valence-corrected chi connectivity index (χ3v) is 5.41. The Morgan fingerprint density at radius 2 is 1.95 bits per heavy atom.